The molecule has 4 rings (SSSR count). The summed E-state index contributed by atoms with van der Waals surface area (Å²) in [6, 6.07) is 9.51. The molecule has 0 spiro atoms. The minimum absolute atomic E-state index is 0.0455. The van der Waals surface area contributed by atoms with Crippen molar-refractivity contribution < 1.29 is 9.53 Å². The zero-order valence-electron chi connectivity index (χ0n) is 16.4. The number of thiophene rings is 1. The first kappa shape index (κ1) is 18.7. The van der Waals surface area contributed by atoms with E-state index in [9.17, 15) is 4.79 Å². The molecule has 0 saturated heterocycles. The molecule has 2 atom stereocenters. The van der Waals surface area contributed by atoms with E-state index in [0.717, 1.165) is 34.9 Å². The molecule has 1 aliphatic rings. The summed E-state index contributed by atoms with van der Waals surface area (Å²) < 4.78 is 7.20. The molecule has 2 heterocycles. The van der Waals surface area contributed by atoms with Crippen LogP contribution >= 0.6 is 11.3 Å². The Bertz CT molecular complexity index is 974. The molecule has 0 fully saturated rings. The first-order valence-corrected chi connectivity index (χ1v) is 10.4. The van der Waals surface area contributed by atoms with Crippen LogP contribution in [0.1, 0.15) is 50.9 Å². The summed E-state index contributed by atoms with van der Waals surface area (Å²) in [5.74, 6) is 2.23. The molecule has 1 aliphatic carbocycles. The van der Waals surface area contributed by atoms with Gasteiger partial charge in [0.15, 0.2) is 0 Å². The molecule has 0 radical (unpaired) electrons. The van der Waals surface area contributed by atoms with Crippen molar-refractivity contribution in [2.75, 3.05) is 7.11 Å². The van der Waals surface area contributed by atoms with Gasteiger partial charge in [0, 0.05) is 24.3 Å². The first-order chi connectivity index (χ1) is 13.5. The second kappa shape index (κ2) is 7.80. The largest absolute Gasteiger partial charge is 0.497 e. The number of fused-ring (bicyclic) bond motifs is 1. The molecule has 2 unspecified atom stereocenters. The number of nitrogens with one attached hydrogen (secondary N) is 1. The number of nitrogens with zero attached hydrogens (tertiary/aromatic N) is 2. The summed E-state index contributed by atoms with van der Waals surface area (Å²) in [5.41, 5.74) is 2.31. The van der Waals surface area contributed by atoms with Crippen molar-refractivity contribution in [2.24, 2.45) is 13.0 Å². The number of ether oxygens (including phenoxy) is 1. The number of amides is 1. The van der Waals surface area contributed by atoms with E-state index in [1.807, 2.05) is 42.1 Å². The van der Waals surface area contributed by atoms with E-state index in [-0.39, 0.29) is 11.9 Å². The van der Waals surface area contributed by atoms with Crippen molar-refractivity contribution >= 4 is 17.2 Å². The molecule has 1 amide bonds. The lowest BCUT2D eigenvalue weighted by atomic mass is 9.90. The van der Waals surface area contributed by atoms with Crippen LogP contribution in [-0.2, 0) is 19.9 Å². The Morgan fingerprint density at radius 3 is 2.82 bits per heavy atom. The summed E-state index contributed by atoms with van der Waals surface area (Å²) in [4.78, 5) is 19.7. The average Bonchev–Trinajstić information content (AvgIpc) is 3.32. The predicted octanol–water partition coefficient (Wildman–Crippen LogP) is 4.13. The fraction of sp³-hybridized carbons (Fsp3) is 0.364. The number of benzene rings is 1. The second-order valence-corrected chi connectivity index (χ2v) is 8.62. The van der Waals surface area contributed by atoms with E-state index in [0.29, 0.717) is 5.92 Å². The van der Waals surface area contributed by atoms with Gasteiger partial charge in [0.05, 0.1) is 12.0 Å². The number of hydrogen-bond donors (Lipinski definition) is 1. The Balaban J connectivity index is 1.62. The maximum Gasteiger partial charge on any atom is 0.262 e. The molecule has 0 saturated carbocycles. The van der Waals surface area contributed by atoms with Crippen LogP contribution in [-0.4, -0.2) is 22.6 Å². The highest BCUT2D eigenvalue weighted by atomic mass is 32.1. The quantitative estimate of drug-likeness (QED) is 0.707. The van der Waals surface area contributed by atoms with Gasteiger partial charge in [0.1, 0.15) is 17.6 Å². The van der Waals surface area contributed by atoms with Gasteiger partial charge in [-0.25, -0.2) is 4.98 Å². The van der Waals surface area contributed by atoms with Crippen molar-refractivity contribution in [3.8, 4) is 5.75 Å². The van der Waals surface area contributed by atoms with Gasteiger partial charge in [-0.3, -0.25) is 4.79 Å². The van der Waals surface area contributed by atoms with Gasteiger partial charge in [0.25, 0.3) is 5.91 Å². The van der Waals surface area contributed by atoms with Crippen molar-refractivity contribution in [2.45, 2.75) is 32.2 Å². The number of rotatable bonds is 5. The van der Waals surface area contributed by atoms with Crippen LogP contribution in [0, 0.1) is 5.92 Å². The van der Waals surface area contributed by atoms with Gasteiger partial charge < -0.3 is 14.6 Å². The number of methoxy groups -OCH3 is 1. The smallest absolute Gasteiger partial charge is 0.262 e. The molecular weight excluding hydrogens is 370 g/mol. The van der Waals surface area contributed by atoms with Crippen molar-refractivity contribution in [1.29, 1.82) is 0 Å². The number of aryl methyl sites for hydroxylation is 2. The lowest BCUT2D eigenvalue weighted by molar-refractivity contribution is 0.0945. The van der Waals surface area contributed by atoms with Crippen LogP contribution in [0.5, 0.6) is 5.75 Å². The second-order valence-electron chi connectivity index (χ2n) is 7.48. The van der Waals surface area contributed by atoms with Crippen LogP contribution in [0.4, 0.5) is 0 Å². The van der Waals surface area contributed by atoms with Gasteiger partial charge in [-0.05, 0) is 54.5 Å². The number of carbonyl (C=O) groups excluding carboxylic acids is 1. The minimum Gasteiger partial charge on any atom is -0.497 e. The van der Waals surface area contributed by atoms with Crippen molar-refractivity contribution in [3.05, 3.63) is 69.4 Å². The molecule has 0 aliphatic heterocycles. The summed E-state index contributed by atoms with van der Waals surface area (Å²) >= 11 is 1.63. The van der Waals surface area contributed by atoms with Crippen LogP contribution < -0.4 is 10.1 Å². The number of imidazole rings is 1. The SMILES string of the molecule is COc1ccc(C(NC(=O)c2cc3c(s2)CCC(C)C3)c2nccn2C)cc1. The van der Waals surface area contributed by atoms with E-state index >= 15 is 0 Å². The van der Waals surface area contributed by atoms with Crippen LogP contribution in [0.2, 0.25) is 0 Å². The number of aromatic nitrogens is 2. The van der Waals surface area contributed by atoms with E-state index in [1.165, 1.54) is 16.9 Å². The van der Waals surface area contributed by atoms with E-state index in [1.54, 1.807) is 24.6 Å². The number of carbonyl (C=O) groups is 1. The molecule has 28 heavy (non-hydrogen) atoms. The highest BCUT2D eigenvalue weighted by Crippen LogP contribution is 2.33. The Morgan fingerprint density at radius 2 is 2.14 bits per heavy atom. The van der Waals surface area contributed by atoms with Crippen LogP contribution in [0.3, 0.4) is 0 Å². The summed E-state index contributed by atoms with van der Waals surface area (Å²) in [6.45, 7) is 2.28. The lowest BCUT2D eigenvalue weighted by Gasteiger charge is -2.19. The third kappa shape index (κ3) is 3.69. The molecule has 146 valence electrons. The maximum atomic E-state index is 13.1. The molecule has 1 N–H and O–H groups in total. The Labute approximate surface area is 169 Å². The zero-order chi connectivity index (χ0) is 19.7. The highest BCUT2D eigenvalue weighted by Gasteiger charge is 2.25. The molecular formula is C22H25N3O2S. The Morgan fingerprint density at radius 1 is 1.36 bits per heavy atom. The number of hydrogen-bond acceptors (Lipinski definition) is 4. The normalized spacial score (nSPS) is 17.0. The molecule has 2 aromatic heterocycles. The molecule has 3 aromatic rings. The van der Waals surface area contributed by atoms with E-state index in [4.69, 9.17) is 4.74 Å². The average molecular weight is 396 g/mol. The van der Waals surface area contributed by atoms with Crippen LogP contribution in [0.15, 0.2) is 42.7 Å². The van der Waals surface area contributed by atoms with E-state index < -0.39 is 0 Å². The monoisotopic (exact) mass is 395 g/mol. The summed E-state index contributed by atoms with van der Waals surface area (Å²) in [6.07, 6.45) is 7.00. The maximum absolute atomic E-state index is 13.1. The van der Waals surface area contributed by atoms with Gasteiger partial charge in [-0.1, -0.05) is 19.1 Å². The van der Waals surface area contributed by atoms with Crippen LogP contribution in [0.25, 0.3) is 0 Å². The zero-order valence-corrected chi connectivity index (χ0v) is 17.3. The molecule has 0 bridgehead atoms. The third-order valence-electron chi connectivity index (χ3n) is 5.39. The summed E-state index contributed by atoms with van der Waals surface area (Å²) in [5, 5.41) is 3.20. The minimum atomic E-state index is -0.323. The van der Waals surface area contributed by atoms with Gasteiger partial charge in [-0.2, -0.15) is 0 Å². The highest BCUT2D eigenvalue weighted by molar-refractivity contribution is 7.14. The van der Waals surface area contributed by atoms with E-state index in [2.05, 4.69) is 23.3 Å². The van der Waals surface area contributed by atoms with Gasteiger partial charge in [-0.15, -0.1) is 11.3 Å². The summed E-state index contributed by atoms with van der Waals surface area (Å²) in [7, 11) is 3.59. The Kier molecular flexibility index (Phi) is 5.22. The topological polar surface area (TPSA) is 56.1 Å². The molecule has 1 aromatic carbocycles. The first-order valence-electron chi connectivity index (χ1n) is 9.58. The Hall–Kier alpha value is -2.60. The molecule has 5 nitrogen and oxygen atoms in total. The fourth-order valence-corrected chi connectivity index (χ4v) is 4.88. The van der Waals surface area contributed by atoms with Crippen molar-refractivity contribution in [1.82, 2.24) is 14.9 Å². The lowest BCUT2D eigenvalue weighted by Crippen LogP contribution is -2.30. The molecule has 6 heteroatoms. The van der Waals surface area contributed by atoms with Crippen molar-refractivity contribution in [3.63, 3.8) is 0 Å². The predicted molar refractivity (Wildman–Crippen MR) is 111 cm³/mol. The van der Waals surface area contributed by atoms with Gasteiger partial charge in [0.2, 0.25) is 0 Å². The van der Waals surface area contributed by atoms with Gasteiger partial charge >= 0.3 is 0 Å². The standard InChI is InChI=1S/C22H25N3O2S/c1-14-4-9-18-16(12-14)13-19(28-18)22(26)24-20(21-23-10-11-25(21)2)15-5-7-17(27-3)8-6-15/h5-8,10-11,13-14,20H,4,9,12H2,1-3H3,(H,24,26). The fourth-order valence-electron chi connectivity index (χ4n) is 3.77. The third-order valence-corrected chi connectivity index (χ3v) is 6.63.